The van der Waals surface area contributed by atoms with E-state index in [0.717, 1.165) is 32.1 Å². The normalized spacial score (nSPS) is 18.4. The Hall–Kier alpha value is -1.10. The second-order valence-corrected chi connectivity index (χ2v) is 5.38. The number of hydrogen-bond donors (Lipinski definition) is 2. The molecule has 19 heavy (non-hydrogen) atoms. The van der Waals surface area contributed by atoms with E-state index in [1.54, 1.807) is 7.11 Å². The molecule has 0 bridgehead atoms. The summed E-state index contributed by atoms with van der Waals surface area (Å²) in [5.74, 6) is -1.05. The maximum atomic E-state index is 12.3. The van der Waals surface area contributed by atoms with Crippen molar-refractivity contribution in [3.05, 3.63) is 0 Å². The van der Waals surface area contributed by atoms with Crippen LogP contribution in [0.25, 0.3) is 0 Å². The Morgan fingerprint density at radius 2 is 2.11 bits per heavy atom. The number of carbonyl (C=O) groups is 2. The second-order valence-electron chi connectivity index (χ2n) is 5.38. The average Bonchev–Trinajstić information content (AvgIpc) is 2.32. The largest absolute Gasteiger partial charge is 0.480 e. The third kappa shape index (κ3) is 4.20. The van der Waals surface area contributed by atoms with Crippen molar-refractivity contribution in [3.8, 4) is 0 Å². The topological polar surface area (TPSA) is 75.6 Å². The summed E-state index contributed by atoms with van der Waals surface area (Å²) in [5, 5.41) is 11.9. The summed E-state index contributed by atoms with van der Waals surface area (Å²) < 4.78 is 5.04. The van der Waals surface area contributed by atoms with Crippen molar-refractivity contribution in [2.75, 3.05) is 13.7 Å². The SMILES string of the molecule is CCCC[C@H](NC(=O)C1(CCOC)CCC1)C(=O)O. The Balaban J connectivity index is 2.56. The number of rotatable bonds is 9. The maximum Gasteiger partial charge on any atom is 0.326 e. The first-order chi connectivity index (χ1) is 9.05. The molecule has 1 rings (SSSR count). The van der Waals surface area contributed by atoms with Crippen LogP contribution in [0, 0.1) is 5.41 Å². The quantitative estimate of drug-likeness (QED) is 0.672. The van der Waals surface area contributed by atoms with Gasteiger partial charge in [-0.2, -0.15) is 0 Å². The number of methoxy groups -OCH3 is 1. The average molecular weight is 271 g/mol. The minimum absolute atomic E-state index is 0.112. The molecule has 1 atom stereocenters. The van der Waals surface area contributed by atoms with Gasteiger partial charge in [-0.05, 0) is 25.7 Å². The highest BCUT2D eigenvalue weighted by molar-refractivity contribution is 5.88. The zero-order chi connectivity index (χ0) is 14.3. The number of nitrogens with one attached hydrogen (secondary N) is 1. The molecule has 0 radical (unpaired) electrons. The van der Waals surface area contributed by atoms with Gasteiger partial charge in [-0.15, -0.1) is 0 Å². The first-order valence-electron chi connectivity index (χ1n) is 7.08. The molecule has 2 N–H and O–H groups in total. The van der Waals surface area contributed by atoms with Crippen LogP contribution in [0.5, 0.6) is 0 Å². The molecule has 1 fully saturated rings. The van der Waals surface area contributed by atoms with Crippen LogP contribution in [0.3, 0.4) is 0 Å². The lowest BCUT2D eigenvalue weighted by molar-refractivity contribution is -0.146. The Morgan fingerprint density at radius 1 is 1.42 bits per heavy atom. The molecule has 0 unspecified atom stereocenters. The van der Waals surface area contributed by atoms with Gasteiger partial charge in [0, 0.05) is 13.7 Å². The van der Waals surface area contributed by atoms with E-state index < -0.39 is 17.4 Å². The molecule has 0 aliphatic heterocycles. The Bertz CT molecular complexity index is 313. The third-order valence-electron chi connectivity index (χ3n) is 4.03. The van der Waals surface area contributed by atoms with E-state index in [1.807, 2.05) is 6.92 Å². The van der Waals surface area contributed by atoms with E-state index >= 15 is 0 Å². The lowest BCUT2D eigenvalue weighted by atomic mass is 9.66. The highest BCUT2D eigenvalue weighted by Gasteiger charge is 2.44. The Morgan fingerprint density at radius 3 is 2.53 bits per heavy atom. The molecular formula is C14H25NO4. The van der Waals surface area contributed by atoms with Crippen molar-refractivity contribution in [1.82, 2.24) is 5.32 Å². The van der Waals surface area contributed by atoms with Crippen LogP contribution in [0.1, 0.15) is 51.9 Å². The fraction of sp³-hybridized carbons (Fsp3) is 0.857. The van der Waals surface area contributed by atoms with Gasteiger partial charge >= 0.3 is 5.97 Å². The van der Waals surface area contributed by atoms with E-state index in [0.29, 0.717) is 19.4 Å². The molecule has 0 spiro atoms. The summed E-state index contributed by atoms with van der Waals surface area (Å²) in [6.07, 6.45) is 5.61. The van der Waals surface area contributed by atoms with E-state index in [1.165, 1.54) is 0 Å². The van der Waals surface area contributed by atoms with Crippen LogP contribution in [0.15, 0.2) is 0 Å². The molecular weight excluding hydrogens is 246 g/mol. The van der Waals surface area contributed by atoms with E-state index in [2.05, 4.69) is 5.32 Å². The lowest BCUT2D eigenvalue weighted by Gasteiger charge is -2.40. The number of unbranched alkanes of at least 4 members (excludes halogenated alkanes) is 1. The van der Waals surface area contributed by atoms with Crippen molar-refractivity contribution in [2.24, 2.45) is 5.41 Å². The first kappa shape index (κ1) is 16.0. The number of amides is 1. The van der Waals surface area contributed by atoms with Crippen molar-refractivity contribution in [3.63, 3.8) is 0 Å². The van der Waals surface area contributed by atoms with Gasteiger partial charge in [-0.25, -0.2) is 4.79 Å². The zero-order valence-electron chi connectivity index (χ0n) is 11.9. The van der Waals surface area contributed by atoms with Gasteiger partial charge in [-0.3, -0.25) is 4.79 Å². The van der Waals surface area contributed by atoms with Crippen LogP contribution in [0.2, 0.25) is 0 Å². The summed E-state index contributed by atoms with van der Waals surface area (Å²) in [6.45, 7) is 2.55. The van der Waals surface area contributed by atoms with Gasteiger partial charge in [0.05, 0.1) is 5.41 Å². The van der Waals surface area contributed by atoms with E-state index in [9.17, 15) is 9.59 Å². The standard InChI is InChI=1S/C14H25NO4/c1-3-4-6-11(12(16)17)15-13(18)14(7-5-8-14)9-10-19-2/h11H,3-10H2,1-2H3,(H,15,18)(H,16,17)/t11-/m0/s1. The molecule has 0 heterocycles. The first-order valence-corrected chi connectivity index (χ1v) is 7.08. The lowest BCUT2D eigenvalue weighted by Crippen LogP contribution is -2.51. The van der Waals surface area contributed by atoms with Gasteiger partial charge in [0.2, 0.25) is 5.91 Å². The summed E-state index contributed by atoms with van der Waals surface area (Å²) >= 11 is 0. The number of ether oxygens (including phenoxy) is 1. The predicted octanol–water partition coefficient (Wildman–Crippen LogP) is 1.95. The van der Waals surface area contributed by atoms with Crippen LogP contribution in [-0.4, -0.2) is 36.7 Å². The molecule has 1 aliphatic rings. The number of aliphatic carboxylic acids is 1. The zero-order valence-corrected chi connectivity index (χ0v) is 11.9. The molecule has 1 saturated carbocycles. The van der Waals surface area contributed by atoms with Crippen LogP contribution in [-0.2, 0) is 14.3 Å². The van der Waals surface area contributed by atoms with Gasteiger partial charge in [0.15, 0.2) is 0 Å². The second kappa shape index (κ2) is 7.48. The fourth-order valence-corrected chi connectivity index (χ4v) is 2.47. The summed E-state index contributed by atoms with van der Waals surface area (Å²) in [7, 11) is 1.62. The van der Waals surface area contributed by atoms with Crippen molar-refractivity contribution in [2.45, 2.75) is 57.9 Å². The van der Waals surface area contributed by atoms with E-state index in [-0.39, 0.29) is 5.91 Å². The summed E-state index contributed by atoms with van der Waals surface area (Å²) in [6, 6.07) is -0.757. The van der Waals surface area contributed by atoms with Crippen molar-refractivity contribution < 1.29 is 19.4 Å². The molecule has 0 aromatic carbocycles. The highest BCUT2D eigenvalue weighted by Crippen LogP contribution is 2.44. The van der Waals surface area contributed by atoms with Crippen molar-refractivity contribution >= 4 is 11.9 Å². The molecule has 1 amide bonds. The third-order valence-corrected chi connectivity index (χ3v) is 4.03. The maximum absolute atomic E-state index is 12.3. The van der Waals surface area contributed by atoms with Gasteiger partial charge in [0.1, 0.15) is 6.04 Å². The smallest absolute Gasteiger partial charge is 0.326 e. The predicted molar refractivity (Wildman–Crippen MR) is 71.9 cm³/mol. The Labute approximate surface area is 114 Å². The number of hydrogen-bond acceptors (Lipinski definition) is 3. The van der Waals surface area contributed by atoms with Crippen LogP contribution in [0.4, 0.5) is 0 Å². The molecule has 110 valence electrons. The number of carboxylic acids is 1. The fourth-order valence-electron chi connectivity index (χ4n) is 2.47. The van der Waals surface area contributed by atoms with Crippen LogP contribution < -0.4 is 5.32 Å². The van der Waals surface area contributed by atoms with Gasteiger partial charge in [0.25, 0.3) is 0 Å². The minimum atomic E-state index is -0.942. The summed E-state index contributed by atoms with van der Waals surface area (Å²) in [5.41, 5.74) is -0.393. The monoisotopic (exact) mass is 271 g/mol. The van der Waals surface area contributed by atoms with Crippen LogP contribution >= 0.6 is 0 Å². The molecule has 5 heteroatoms. The molecule has 0 saturated heterocycles. The summed E-state index contributed by atoms with van der Waals surface area (Å²) in [4.78, 5) is 23.4. The van der Waals surface area contributed by atoms with Gasteiger partial charge in [-0.1, -0.05) is 26.2 Å². The minimum Gasteiger partial charge on any atom is -0.480 e. The molecule has 0 aromatic rings. The molecule has 1 aliphatic carbocycles. The number of carbonyl (C=O) groups excluding carboxylic acids is 1. The molecule has 5 nitrogen and oxygen atoms in total. The molecule has 0 aromatic heterocycles. The highest BCUT2D eigenvalue weighted by atomic mass is 16.5. The van der Waals surface area contributed by atoms with Crippen molar-refractivity contribution in [1.29, 1.82) is 0 Å². The van der Waals surface area contributed by atoms with Gasteiger partial charge < -0.3 is 15.2 Å². The van der Waals surface area contributed by atoms with E-state index in [4.69, 9.17) is 9.84 Å². The number of carboxylic acid groups (broad SMARTS) is 1. The Kier molecular flexibility index (Phi) is 6.28.